The minimum absolute atomic E-state index is 0.0427. The number of hydrogen-bond acceptors (Lipinski definition) is 4. The van der Waals surface area contributed by atoms with Gasteiger partial charge >= 0.3 is 0 Å². The number of hydrogen-bond donors (Lipinski definition) is 2. The van der Waals surface area contributed by atoms with Gasteiger partial charge in [-0.1, -0.05) is 31.5 Å². The molecule has 0 fully saturated rings. The molecule has 2 rings (SSSR count). The van der Waals surface area contributed by atoms with Gasteiger partial charge in [0.25, 0.3) is 5.91 Å². The van der Waals surface area contributed by atoms with E-state index in [9.17, 15) is 13.2 Å². The molecule has 146 valence electrons. The van der Waals surface area contributed by atoms with E-state index in [1.807, 2.05) is 24.3 Å². The Morgan fingerprint density at radius 3 is 2.52 bits per heavy atom. The Morgan fingerprint density at radius 2 is 1.85 bits per heavy atom. The summed E-state index contributed by atoms with van der Waals surface area (Å²) in [5, 5.41) is 2.80. The number of ether oxygens (including phenoxy) is 1. The number of amides is 1. The number of rotatable bonds is 10. The first-order chi connectivity index (χ1) is 13.0. The minimum atomic E-state index is -3.69. The molecule has 1 amide bonds. The molecule has 0 saturated carbocycles. The summed E-state index contributed by atoms with van der Waals surface area (Å²) < 4.78 is 31.8. The zero-order valence-electron chi connectivity index (χ0n) is 15.7. The van der Waals surface area contributed by atoms with Crippen LogP contribution in [-0.4, -0.2) is 34.6 Å². The highest BCUT2D eigenvalue weighted by Gasteiger charge is 2.16. The summed E-state index contributed by atoms with van der Waals surface area (Å²) in [7, 11) is -2.19. The van der Waals surface area contributed by atoms with Crippen molar-refractivity contribution in [3.8, 4) is 0 Å². The van der Waals surface area contributed by atoms with Crippen LogP contribution in [0.1, 0.15) is 35.7 Å². The molecular weight excluding hydrogens is 364 g/mol. The molecule has 2 aromatic carbocycles. The van der Waals surface area contributed by atoms with Crippen LogP contribution in [-0.2, 0) is 21.2 Å². The molecule has 0 aliphatic rings. The van der Waals surface area contributed by atoms with Gasteiger partial charge in [0.1, 0.15) is 0 Å². The number of aryl methyl sites for hydroxylation is 1. The molecule has 27 heavy (non-hydrogen) atoms. The third-order valence-corrected chi connectivity index (χ3v) is 5.49. The van der Waals surface area contributed by atoms with E-state index in [1.54, 1.807) is 12.1 Å². The monoisotopic (exact) mass is 390 g/mol. The summed E-state index contributed by atoms with van der Waals surface area (Å²) in [6, 6.07) is 13.6. The van der Waals surface area contributed by atoms with Gasteiger partial charge in [-0.05, 0) is 48.7 Å². The number of carbonyl (C=O) groups is 1. The SMILES string of the molecule is CCCCc1ccc(NC(=O)c2cccc(S(=O)(=O)NCCOC)c2)cc1. The van der Waals surface area contributed by atoms with Crippen LogP contribution >= 0.6 is 0 Å². The van der Waals surface area contributed by atoms with Crippen molar-refractivity contribution in [1.82, 2.24) is 4.72 Å². The van der Waals surface area contributed by atoms with Gasteiger partial charge in [-0.25, -0.2) is 13.1 Å². The van der Waals surface area contributed by atoms with Crippen LogP contribution in [0.2, 0.25) is 0 Å². The maximum absolute atomic E-state index is 12.5. The lowest BCUT2D eigenvalue weighted by molar-refractivity contribution is 0.102. The molecule has 0 saturated heterocycles. The quantitative estimate of drug-likeness (QED) is 0.610. The molecule has 0 heterocycles. The molecule has 2 N–H and O–H groups in total. The molecule has 2 aromatic rings. The number of carbonyl (C=O) groups excluding carboxylic acids is 1. The van der Waals surface area contributed by atoms with Gasteiger partial charge < -0.3 is 10.1 Å². The van der Waals surface area contributed by atoms with Gasteiger partial charge in [0.05, 0.1) is 11.5 Å². The Labute approximate surface area is 161 Å². The maximum Gasteiger partial charge on any atom is 0.255 e. The number of methoxy groups -OCH3 is 1. The van der Waals surface area contributed by atoms with Crippen molar-refractivity contribution in [2.75, 3.05) is 25.6 Å². The summed E-state index contributed by atoms with van der Waals surface area (Å²) in [6.45, 7) is 2.59. The molecule has 0 aromatic heterocycles. The van der Waals surface area contributed by atoms with E-state index in [-0.39, 0.29) is 29.5 Å². The molecule has 0 unspecified atom stereocenters. The van der Waals surface area contributed by atoms with Gasteiger partial charge in [-0.15, -0.1) is 0 Å². The summed E-state index contributed by atoms with van der Waals surface area (Å²) in [6.07, 6.45) is 3.28. The number of benzene rings is 2. The van der Waals surface area contributed by atoms with E-state index in [4.69, 9.17) is 4.74 Å². The van der Waals surface area contributed by atoms with E-state index < -0.39 is 10.0 Å². The number of nitrogens with one attached hydrogen (secondary N) is 2. The van der Waals surface area contributed by atoms with Gasteiger partial charge in [0.2, 0.25) is 10.0 Å². The van der Waals surface area contributed by atoms with Crippen LogP contribution in [0.4, 0.5) is 5.69 Å². The van der Waals surface area contributed by atoms with Crippen LogP contribution in [0.5, 0.6) is 0 Å². The summed E-state index contributed by atoms with van der Waals surface area (Å²) in [5.41, 5.74) is 2.18. The van der Waals surface area contributed by atoms with E-state index >= 15 is 0 Å². The van der Waals surface area contributed by atoms with Crippen molar-refractivity contribution in [1.29, 1.82) is 0 Å². The predicted octanol–water partition coefficient (Wildman–Crippen LogP) is 3.21. The Morgan fingerprint density at radius 1 is 1.11 bits per heavy atom. The highest BCUT2D eigenvalue weighted by atomic mass is 32.2. The summed E-state index contributed by atoms with van der Waals surface area (Å²) in [4.78, 5) is 12.5. The molecule has 7 heteroatoms. The van der Waals surface area contributed by atoms with Gasteiger partial charge in [0, 0.05) is 24.9 Å². The lowest BCUT2D eigenvalue weighted by Gasteiger charge is -2.09. The van der Waals surface area contributed by atoms with Crippen LogP contribution in [0.3, 0.4) is 0 Å². The van der Waals surface area contributed by atoms with Crippen LogP contribution in [0.15, 0.2) is 53.4 Å². The van der Waals surface area contributed by atoms with E-state index in [1.165, 1.54) is 24.8 Å². The van der Waals surface area contributed by atoms with E-state index in [0.717, 1.165) is 19.3 Å². The Kier molecular flexibility index (Phi) is 7.97. The van der Waals surface area contributed by atoms with Crippen molar-refractivity contribution >= 4 is 21.6 Å². The van der Waals surface area contributed by atoms with Crippen LogP contribution < -0.4 is 10.0 Å². The lowest BCUT2D eigenvalue weighted by atomic mass is 10.1. The molecule has 0 radical (unpaired) electrons. The second kappa shape index (κ2) is 10.2. The second-order valence-corrected chi connectivity index (χ2v) is 7.94. The Bertz CT molecular complexity index is 849. The second-order valence-electron chi connectivity index (χ2n) is 6.17. The molecule has 0 aliphatic carbocycles. The number of anilines is 1. The molecule has 0 atom stereocenters. The fraction of sp³-hybridized carbons (Fsp3) is 0.350. The summed E-state index contributed by atoms with van der Waals surface area (Å²) >= 11 is 0. The zero-order chi connectivity index (χ0) is 19.7. The van der Waals surface area contributed by atoms with Gasteiger partial charge in [-0.3, -0.25) is 4.79 Å². The maximum atomic E-state index is 12.5. The standard InChI is InChI=1S/C20H26N2O4S/c1-3-4-6-16-9-11-18(12-10-16)22-20(23)17-7-5-8-19(15-17)27(24,25)21-13-14-26-2/h5,7-12,15,21H,3-4,6,13-14H2,1-2H3,(H,22,23). The average Bonchev–Trinajstić information content (AvgIpc) is 2.67. The Hall–Kier alpha value is -2.22. The molecular formula is C20H26N2O4S. The predicted molar refractivity (Wildman–Crippen MR) is 107 cm³/mol. The highest BCUT2D eigenvalue weighted by Crippen LogP contribution is 2.15. The topological polar surface area (TPSA) is 84.5 Å². The van der Waals surface area contributed by atoms with Gasteiger partial charge in [0.15, 0.2) is 0 Å². The molecule has 0 spiro atoms. The van der Waals surface area contributed by atoms with E-state index in [0.29, 0.717) is 5.69 Å². The fourth-order valence-corrected chi connectivity index (χ4v) is 3.56. The smallest absolute Gasteiger partial charge is 0.255 e. The first-order valence-corrected chi connectivity index (χ1v) is 10.4. The minimum Gasteiger partial charge on any atom is -0.383 e. The third kappa shape index (κ3) is 6.46. The lowest BCUT2D eigenvalue weighted by Crippen LogP contribution is -2.27. The van der Waals surface area contributed by atoms with Crippen molar-refractivity contribution in [3.05, 3.63) is 59.7 Å². The van der Waals surface area contributed by atoms with Crippen molar-refractivity contribution in [2.45, 2.75) is 31.1 Å². The van der Waals surface area contributed by atoms with Crippen molar-refractivity contribution in [2.24, 2.45) is 0 Å². The number of unbranched alkanes of at least 4 members (excludes halogenated alkanes) is 1. The summed E-state index contributed by atoms with van der Waals surface area (Å²) in [5.74, 6) is -0.356. The normalized spacial score (nSPS) is 11.3. The Balaban J connectivity index is 2.06. The zero-order valence-corrected chi connectivity index (χ0v) is 16.5. The third-order valence-electron chi connectivity index (χ3n) is 4.04. The first kappa shape index (κ1) is 21.1. The largest absolute Gasteiger partial charge is 0.383 e. The average molecular weight is 391 g/mol. The number of sulfonamides is 1. The van der Waals surface area contributed by atoms with E-state index in [2.05, 4.69) is 17.0 Å². The van der Waals surface area contributed by atoms with Crippen molar-refractivity contribution in [3.63, 3.8) is 0 Å². The van der Waals surface area contributed by atoms with Crippen LogP contribution in [0.25, 0.3) is 0 Å². The fourth-order valence-electron chi connectivity index (χ4n) is 2.50. The highest BCUT2D eigenvalue weighted by molar-refractivity contribution is 7.89. The molecule has 0 bridgehead atoms. The van der Waals surface area contributed by atoms with Gasteiger partial charge in [-0.2, -0.15) is 0 Å². The molecule has 6 nitrogen and oxygen atoms in total. The first-order valence-electron chi connectivity index (χ1n) is 8.95. The van der Waals surface area contributed by atoms with Crippen LogP contribution in [0, 0.1) is 0 Å². The van der Waals surface area contributed by atoms with Crippen molar-refractivity contribution < 1.29 is 17.9 Å². The molecule has 0 aliphatic heterocycles.